The summed E-state index contributed by atoms with van der Waals surface area (Å²) in [5.41, 5.74) is 0.597. The van der Waals surface area contributed by atoms with Crippen molar-refractivity contribution in [3.8, 4) is 0 Å². The molecule has 0 atom stereocenters. The van der Waals surface area contributed by atoms with Crippen LogP contribution in [0.3, 0.4) is 0 Å². The predicted molar refractivity (Wildman–Crippen MR) is 60.5 cm³/mol. The second-order valence-electron chi connectivity index (χ2n) is 2.65. The standard InChI is InChI=1S/C9H9ClN2O2S/c1-3-4-8-9(12-6-5-11-8)7(2)15(10,13)14/h3-6H,2H2,1H3/b4-3-. The number of allylic oxidation sites excluding steroid dienone is 1. The van der Waals surface area contributed by atoms with Crippen LogP contribution in [0, 0.1) is 0 Å². The molecule has 6 heteroatoms. The highest BCUT2D eigenvalue weighted by Crippen LogP contribution is 2.22. The van der Waals surface area contributed by atoms with Crippen LogP contribution in [0.5, 0.6) is 0 Å². The van der Waals surface area contributed by atoms with Gasteiger partial charge in [0.1, 0.15) is 10.6 Å². The Balaban J connectivity index is 3.32. The van der Waals surface area contributed by atoms with E-state index in [9.17, 15) is 8.42 Å². The smallest absolute Gasteiger partial charge is 0.253 e. The molecule has 0 fully saturated rings. The van der Waals surface area contributed by atoms with Crippen LogP contribution in [0.15, 0.2) is 25.0 Å². The Kier molecular flexibility index (Phi) is 3.60. The van der Waals surface area contributed by atoms with Crippen LogP contribution in [-0.4, -0.2) is 18.4 Å². The minimum atomic E-state index is -3.86. The van der Waals surface area contributed by atoms with Gasteiger partial charge in [-0.1, -0.05) is 12.7 Å². The second-order valence-corrected chi connectivity index (χ2v) is 5.24. The fourth-order valence-electron chi connectivity index (χ4n) is 0.959. The van der Waals surface area contributed by atoms with Gasteiger partial charge in [-0.2, -0.15) is 0 Å². The zero-order valence-electron chi connectivity index (χ0n) is 8.01. The highest BCUT2D eigenvalue weighted by molar-refractivity contribution is 8.21. The van der Waals surface area contributed by atoms with Crippen molar-refractivity contribution < 1.29 is 8.42 Å². The molecule has 0 aliphatic rings. The van der Waals surface area contributed by atoms with Crippen molar-refractivity contribution >= 4 is 30.7 Å². The summed E-state index contributed by atoms with van der Waals surface area (Å²) in [5.74, 6) is 0. The quantitative estimate of drug-likeness (QED) is 0.764. The monoisotopic (exact) mass is 244 g/mol. The maximum absolute atomic E-state index is 11.1. The fourth-order valence-corrected chi connectivity index (χ4v) is 1.57. The van der Waals surface area contributed by atoms with Gasteiger partial charge in [-0.3, -0.25) is 9.97 Å². The Morgan fingerprint density at radius 3 is 2.60 bits per heavy atom. The van der Waals surface area contributed by atoms with E-state index in [2.05, 4.69) is 16.5 Å². The molecule has 0 aliphatic carbocycles. The Morgan fingerprint density at radius 1 is 1.47 bits per heavy atom. The van der Waals surface area contributed by atoms with Gasteiger partial charge in [0.2, 0.25) is 0 Å². The first kappa shape index (κ1) is 11.9. The lowest BCUT2D eigenvalue weighted by Crippen LogP contribution is -2.00. The fraction of sp³-hybridized carbons (Fsp3) is 0.111. The Hall–Kier alpha value is -1.20. The molecular weight excluding hydrogens is 236 g/mol. The number of nitrogens with zero attached hydrogens (tertiary/aromatic N) is 2. The average molecular weight is 245 g/mol. The maximum Gasteiger partial charge on any atom is 0.262 e. The minimum Gasteiger partial charge on any atom is -0.253 e. The molecule has 1 rings (SSSR count). The largest absolute Gasteiger partial charge is 0.262 e. The van der Waals surface area contributed by atoms with E-state index in [1.54, 1.807) is 19.1 Å². The van der Waals surface area contributed by atoms with Crippen LogP contribution < -0.4 is 0 Å². The van der Waals surface area contributed by atoms with Crippen molar-refractivity contribution in [2.24, 2.45) is 0 Å². The van der Waals surface area contributed by atoms with Crippen molar-refractivity contribution in [2.75, 3.05) is 0 Å². The van der Waals surface area contributed by atoms with Crippen molar-refractivity contribution in [3.63, 3.8) is 0 Å². The molecule has 0 bridgehead atoms. The zero-order valence-corrected chi connectivity index (χ0v) is 9.59. The van der Waals surface area contributed by atoms with Gasteiger partial charge in [0.25, 0.3) is 9.05 Å². The molecule has 0 N–H and O–H groups in total. The van der Waals surface area contributed by atoms with Gasteiger partial charge in [-0.25, -0.2) is 8.42 Å². The van der Waals surface area contributed by atoms with E-state index in [0.717, 1.165) is 0 Å². The average Bonchev–Trinajstić information content (AvgIpc) is 2.17. The third kappa shape index (κ3) is 2.87. The topological polar surface area (TPSA) is 59.9 Å². The summed E-state index contributed by atoms with van der Waals surface area (Å²) in [6, 6.07) is 0. The molecule has 0 radical (unpaired) electrons. The van der Waals surface area contributed by atoms with Crippen LogP contribution in [0.25, 0.3) is 11.0 Å². The van der Waals surface area contributed by atoms with E-state index in [1.165, 1.54) is 12.4 Å². The first-order valence-corrected chi connectivity index (χ1v) is 6.35. The van der Waals surface area contributed by atoms with Crippen LogP contribution in [0.2, 0.25) is 0 Å². The second kappa shape index (κ2) is 4.55. The van der Waals surface area contributed by atoms with Crippen LogP contribution in [0.4, 0.5) is 0 Å². The van der Waals surface area contributed by atoms with E-state index >= 15 is 0 Å². The van der Waals surface area contributed by atoms with E-state index in [1.807, 2.05) is 0 Å². The summed E-state index contributed by atoms with van der Waals surface area (Å²) < 4.78 is 22.1. The van der Waals surface area contributed by atoms with Gasteiger partial charge in [0.05, 0.1) is 5.69 Å². The van der Waals surface area contributed by atoms with E-state index in [0.29, 0.717) is 5.69 Å². The summed E-state index contributed by atoms with van der Waals surface area (Å²) in [6.45, 7) is 5.17. The molecule has 4 nitrogen and oxygen atoms in total. The molecule has 0 aromatic carbocycles. The highest BCUT2D eigenvalue weighted by Gasteiger charge is 2.17. The molecule has 15 heavy (non-hydrogen) atoms. The zero-order chi connectivity index (χ0) is 11.5. The van der Waals surface area contributed by atoms with Gasteiger partial charge in [0, 0.05) is 23.1 Å². The third-order valence-corrected chi connectivity index (χ3v) is 2.95. The predicted octanol–water partition coefficient (Wildman–Crippen LogP) is 2.05. The van der Waals surface area contributed by atoms with Crippen molar-refractivity contribution in [1.29, 1.82) is 0 Å². The van der Waals surface area contributed by atoms with Gasteiger partial charge >= 0.3 is 0 Å². The summed E-state index contributed by atoms with van der Waals surface area (Å²) in [7, 11) is 1.32. The highest BCUT2D eigenvalue weighted by atomic mass is 35.7. The molecule has 80 valence electrons. The maximum atomic E-state index is 11.1. The van der Waals surface area contributed by atoms with Gasteiger partial charge in [0.15, 0.2) is 0 Å². The molecule has 0 saturated heterocycles. The number of aromatic nitrogens is 2. The normalized spacial score (nSPS) is 11.9. The summed E-state index contributed by atoms with van der Waals surface area (Å²) in [6.07, 6.45) is 6.21. The lowest BCUT2D eigenvalue weighted by molar-refractivity contribution is 0.618. The van der Waals surface area contributed by atoms with Crippen molar-refractivity contribution in [1.82, 2.24) is 9.97 Å². The Morgan fingerprint density at radius 2 is 2.07 bits per heavy atom. The molecule has 1 aromatic rings. The first-order chi connectivity index (χ1) is 6.96. The molecule has 0 spiro atoms. The molecule has 0 unspecified atom stereocenters. The SMILES string of the molecule is C=C(c1nccnc1/C=C\C)S(=O)(=O)Cl. The summed E-state index contributed by atoms with van der Waals surface area (Å²) >= 11 is 0. The number of hydrogen-bond donors (Lipinski definition) is 0. The lowest BCUT2D eigenvalue weighted by atomic mass is 10.3. The number of rotatable bonds is 3. The van der Waals surface area contributed by atoms with Gasteiger partial charge < -0.3 is 0 Å². The van der Waals surface area contributed by atoms with Crippen LogP contribution in [-0.2, 0) is 9.05 Å². The minimum absolute atomic E-state index is 0.172. The van der Waals surface area contributed by atoms with Crippen LogP contribution >= 0.6 is 10.7 Å². The number of halogens is 1. The van der Waals surface area contributed by atoms with Gasteiger partial charge in [-0.05, 0) is 13.0 Å². The van der Waals surface area contributed by atoms with Crippen molar-refractivity contribution in [2.45, 2.75) is 6.92 Å². The molecule has 0 aliphatic heterocycles. The van der Waals surface area contributed by atoms with Crippen LogP contribution in [0.1, 0.15) is 18.3 Å². The third-order valence-electron chi connectivity index (χ3n) is 1.61. The molecule has 1 heterocycles. The summed E-state index contributed by atoms with van der Waals surface area (Å²) in [4.78, 5) is 7.61. The van der Waals surface area contributed by atoms with E-state index in [-0.39, 0.29) is 10.6 Å². The lowest BCUT2D eigenvalue weighted by Gasteiger charge is -2.03. The summed E-state index contributed by atoms with van der Waals surface area (Å²) in [5, 5.41) is 0. The molecule has 0 amide bonds. The Bertz CT molecular complexity index is 509. The van der Waals surface area contributed by atoms with Gasteiger partial charge in [-0.15, -0.1) is 0 Å². The number of hydrogen-bond acceptors (Lipinski definition) is 4. The molecule has 1 aromatic heterocycles. The molecule has 0 saturated carbocycles. The Labute approximate surface area is 92.7 Å². The van der Waals surface area contributed by atoms with E-state index in [4.69, 9.17) is 10.7 Å². The van der Waals surface area contributed by atoms with E-state index < -0.39 is 9.05 Å². The first-order valence-electron chi connectivity index (χ1n) is 4.04. The molecular formula is C9H9ClN2O2S. The van der Waals surface area contributed by atoms with Crippen molar-refractivity contribution in [3.05, 3.63) is 36.4 Å².